The molecule has 0 saturated carbocycles. The van der Waals surface area contributed by atoms with Crippen molar-refractivity contribution in [2.45, 2.75) is 13.7 Å². The molecule has 0 saturated heterocycles. The zero-order chi connectivity index (χ0) is 26.4. The normalized spacial score (nSPS) is 11.3. The number of carbonyl (C=O) groups is 2. The predicted octanol–water partition coefficient (Wildman–Crippen LogP) is 4.35. The van der Waals surface area contributed by atoms with Gasteiger partial charge >= 0.3 is 5.97 Å². The highest BCUT2D eigenvalue weighted by Gasteiger charge is 2.15. The summed E-state index contributed by atoms with van der Waals surface area (Å²) in [5.74, 6) is -0.0735. The van der Waals surface area contributed by atoms with Gasteiger partial charge in [0.15, 0.2) is 6.73 Å². The molecule has 190 valence electrons. The van der Waals surface area contributed by atoms with E-state index < -0.39 is 0 Å². The molecule has 0 unspecified atom stereocenters. The van der Waals surface area contributed by atoms with E-state index in [4.69, 9.17) is 14.5 Å². The van der Waals surface area contributed by atoms with E-state index in [0.717, 1.165) is 27.6 Å². The van der Waals surface area contributed by atoms with Crippen molar-refractivity contribution in [1.82, 2.24) is 19.4 Å². The molecule has 3 heterocycles. The van der Waals surface area contributed by atoms with Crippen LogP contribution in [0.15, 0.2) is 73.2 Å². The molecule has 3 aromatic heterocycles. The number of carbonyl (C=O) groups excluding carboxylic acids is 2. The van der Waals surface area contributed by atoms with Crippen molar-refractivity contribution >= 4 is 28.6 Å². The molecule has 1 aromatic carbocycles. The van der Waals surface area contributed by atoms with Crippen molar-refractivity contribution < 1.29 is 19.1 Å². The highest BCUT2D eigenvalue weighted by Crippen LogP contribution is 2.34. The minimum absolute atomic E-state index is 0.0449. The topological polar surface area (TPSA) is 98.6 Å². The Morgan fingerprint density at radius 3 is 2.68 bits per heavy atom. The van der Waals surface area contributed by atoms with Gasteiger partial charge in [-0.1, -0.05) is 18.2 Å². The lowest BCUT2D eigenvalue weighted by Crippen LogP contribution is -2.12. The molecule has 0 bridgehead atoms. The van der Waals surface area contributed by atoms with Crippen LogP contribution in [0.4, 0.5) is 5.69 Å². The fraction of sp³-hybridized carbons (Fsp3) is 0.214. The Morgan fingerprint density at radius 1 is 1.08 bits per heavy atom. The number of esters is 1. The molecule has 4 aromatic rings. The molecule has 1 N–H and O–H groups in total. The number of rotatable bonds is 9. The molecule has 0 aliphatic heterocycles. The van der Waals surface area contributed by atoms with Gasteiger partial charge in [0.2, 0.25) is 11.8 Å². The quantitative estimate of drug-likeness (QED) is 0.270. The molecule has 0 spiro atoms. The molecule has 0 atom stereocenters. The van der Waals surface area contributed by atoms with E-state index in [1.54, 1.807) is 24.1 Å². The number of methoxy groups -OCH3 is 1. The van der Waals surface area contributed by atoms with Gasteiger partial charge in [0.25, 0.3) is 0 Å². The molecular formula is C28H29N5O4. The number of likely N-dealkylation sites (N-methyl/N-ethyl adjacent to an activating group) is 1. The average Bonchev–Trinajstić information content (AvgIpc) is 3.25. The lowest BCUT2D eigenvalue weighted by Gasteiger charge is -2.08. The minimum Gasteiger partial charge on any atom is -0.481 e. The van der Waals surface area contributed by atoms with E-state index in [9.17, 15) is 9.59 Å². The number of nitrogens with one attached hydrogen (secondary N) is 1. The second-order valence-corrected chi connectivity index (χ2v) is 8.69. The zero-order valence-corrected chi connectivity index (χ0v) is 21.3. The Hall–Kier alpha value is -4.50. The summed E-state index contributed by atoms with van der Waals surface area (Å²) in [5, 5.41) is 3.78. The number of aromatic nitrogens is 3. The van der Waals surface area contributed by atoms with Crippen molar-refractivity contribution in [1.29, 1.82) is 0 Å². The number of ether oxygens (including phenoxy) is 2. The number of hydrogen-bond acceptors (Lipinski definition) is 7. The Balaban J connectivity index is 1.70. The molecule has 9 heteroatoms. The first-order valence-electron chi connectivity index (χ1n) is 11.7. The van der Waals surface area contributed by atoms with Gasteiger partial charge in [-0.3, -0.25) is 14.2 Å². The van der Waals surface area contributed by atoms with Crippen LogP contribution in [0, 0.1) is 0 Å². The van der Waals surface area contributed by atoms with Crippen molar-refractivity contribution in [2.75, 3.05) is 33.1 Å². The molecule has 4 rings (SSSR count). The van der Waals surface area contributed by atoms with Gasteiger partial charge in [-0.2, -0.15) is 0 Å². The van der Waals surface area contributed by atoms with Crippen molar-refractivity contribution in [3.63, 3.8) is 0 Å². The van der Waals surface area contributed by atoms with Crippen LogP contribution in [0.2, 0.25) is 0 Å². The van der Waals surface area contributed by atoms with Crippen LogP contribution < -0.4 is 10.1 Å². The minimum atomic E-state index is -0.374. The molecule has 0 aliphatic carbocycles. The van der Waals surface area contributed by atoms with Crippen LogP contribution in [0.3, 0.4) is 0 Å². The summed E-state index contributed by atoms with van der Waals surface area (Å²) in [7, 11) is 5.45. The van der Waals surface area contributed by atoms with E-state index in [1.165, 1.54) is 13.0 Å². The van der Waals surface area contributed by atoms with Crippen LogP contribution in [0.5, 0.6) is 5.88 Å². The van der Waals surface area contributed by atoms with Crippen molar-refractivity contribution in [2.24, 2.45) is 0 Å². The molecule has 1 amide bonds. The Kier molecular flexibility index (Phi) is 7.95. The smallest absolute Gasteiger partial charge is 0.304 e. The van der Waals surface area contributed by atoms with Crippen LogP contribution in [-0.4, -0.2) is 59.1 Å². The van der Waals surface area contributed by atoms with Gasteiger partial charge in [0, 0.05) is 66.4 Å². The van der Waals surface area contributed by atoms with E-state index in [2.05, 4.69) is 10.3 Å². The second-order valence-electron chi connectivity index (χ2n) is 8.69. The first kappa shape index (κ1) is 25.6. The Labute approximate surface area is 215 Å². The van der Waals surface area contributed by atoms with Gasteiger partial charge in [-0.15, -0.1) is 0 Å². The second kappa shape index (κ2) is 11.5. The summed E-state index contributed by atoms with van der Waals surface area (Å²) in [6, 6.07) is 13.4. The molecule has 0 fully saturated rings. The molecule has 9 nitrogen and oxygen atoms in total. The number of anilines is 1. The van der Waals surface area contributed by atoms with E-state index in [-0.39, 0.29) is 18.6 Å². The van der Waals surface area contributed by atoms with Crippen LogP contribution in [0.25, 0.3) is 33.3 Å². The third kappa shape index (κ3) is 6.39. The standard InChI is InChI=1S/C28H29N5O4/c1-19(34)37-18-33-17-25(21-10-11-29-27(15-21)36-4)24-14-22(16-30-28(24)33)20-7-5-8-23(13-20)31-26(35)9-6-12-32(2)3/h5-11,13-17H,12,18H2,1-4H3,(H,31,35)/b9-6+. The average molecular weight is 500 g/mol. The lowest BCUT2D eigenvalue weighted by molar-refractivity contribution is -0.144. The number of nitrogens with zero attached hydrogens (tertiary/aromatic N) is 4. The SMILES string of the molecule is COc1cc(-c2cn(COC(C)=O)c3ncc(-c4cccc(NC(=O)/C=C/CN(C)C)c4)cc23)ccn1. The predicted molar refractivity (Wildman–Crippen MR) is 143 cm³/mol. The van der Waals surface area contributed by atoms with Crippen molar-refractivity contribution in [3.8, 4) is 28.1 Å². The number of fused-ring (bicyclic) bond motifs is 1. The highest BCUT2D eigenvalue weighted by molar-refractivity contribution is 6.00. The van der Waals surface area contributed by atoms with E-state index >= 15 is 0 Å². The summed E-state index contributed by atoms with van der Waals surface area (Å²) < 4.78 is 12.3. The summed E-state index contributed by atoms with van der Waals surface area (Å²) in [6.07, 6.45) is 8.69. The first-order chi connectivity index (χ1) is 17.8. The van der Waals surface area contributed by atoms with Gasteiger partial charge in [0.1, 0.15) is 5.65 Å². The highest BCUT2D eigenvalue weighted by atomic mass is 16.5. The third-order valence-electron chi connectivity index (χ3n) is 5.58. The first-order valence-corrected chi connectivity index (χ1v) is 11.7. The van der Waals surface area contributed by atoms with Gasteiger partial charge in [-0.05, 0) is 49.5 Å². The maximum absolute atomic E-state index is 12.3. The molecular weight excluding hydrogens is 470 g/mol. The zero-order valence-electron chi connectivity index (χ0n) is 21.3. The Morgan fingerprint density at radius 2 is 1.92 bits per heavy atom. The number of pyridine rings is 2. The van der Waals surface area contributed by atoms with E-state index in [1.807, 2.05) is 73.7 Å². The fourth-order valence-electron chi connectivity index (χ4n) is 3.84. The largest absolute Gasteiger partial charge is 0.481 e. The van der Waals surface area contributed by atoms with Crippen LogP contribution in [-0.2, 0) is 21.1 Å². The van der Waals surface area contributed by atoms with Gasteiger partial charge in [-0.25, -0.2) is 9.97 Å². The Bertz CT molecular complexity index is 1460. The van der Waals surface area contributed by atoms with Crippen LogP contribution >= 0.6 is 0 Å². The fourth-order valence-corrected chi connectivity index (χ4v) is 3.84. The maximum Gasteiger partial charge on any atom is 0.304 e. The third-order valence-corrected chi connectivity index (χ3v) is 5.58. The van der Waals surface area contributed by atoms with E-state index in [0.29, 0.717) is 23.8 Å². The molecule has 0 radical (unpaired) electrons. The summed E-state index contributed by atoms with van der Waals surface area (Å²) in [6.45, 7) is 2.10. The lowest BCUT2D eigenvalue weighted by atomic mass is 10.0. The van der Waals surface area contributed by atoms with Crippen molar-refractivity contribution in [3.05, 3.63) is 73.2 Å². The van der Waals surface area contributed by atoms with Crippen LogP contribution in [0.1, 0.15) is 6.92 Å². The van der Waals surface area contributed by atoms with Gasteiger partial charge < -0.3 is 19.7 Å². The number of amides is 1. The molecule has 37 heavy (non-hydrogen) atoms. The summed E-state index contributed by atoms with van der Waals surface area (Å²) in [4.78, 5) is 34.6. The maximum atomic E-state index is 12.3. The van der Waals surface area contributed by atoms with Gasteiger partial charge in [0.05, 0.1) is 7.11 Å². The summed E-state index contributed by atoms with van der Waals surface area (Å²) in [5.41, 5.74) is 4.92. The molecule has 0 aliphatic rings. The number of benzene rings is 1. The number of hydrogen-bond donors (Lipinski definition) is 1. The monoisotopic (exact) mass is 499 g/mol. The summed E-state index contributed by atoms with van der Waals surface area (Å²) >= 11 is 0.